The summed E-state index contributed by atoms with van der Waals surface area (Å²) >= 11 is 0. The van der Waals surface area contributed by atoms with Crippen molar-refractivity contribution in [3.63, 3.8) is 0 Å². The Bertz CT molecular complexity index is 935. The lowest BCUT2D eigenvalue weighted by Gasteiger charge is -2.33. The molecule has 5 N–H and O–H groups in total. The van der Waals surface area contributed by atoms with Gasteiger partial charge in [0, 0.05) is 31.9 Å². The highest BCUT2D eigenvalue weighted by Crippen LogP contribution is 2.30. The Hall–Kier alpha value is -2.97. The van der Waals surface area contributed by atoms with Crippen LogP contribution < -0.4 is 21.7 Å². The van der Waals surface area contributed by atoms with Crippen molar-refractivity contribution in [2.45, 2.75) is 44.4 Å². The average molecular weight is 423 g/mol. The molecular formula is C23H30N6O2. The largest absolute Gasteiger partial charge is 0.384 e. The molecule has 2 aliphatic rings. The summed E-state index contributed by atoms with van der Waals surface area (Å²) in [5.74, 6) is 0.147. The highest BCUT2D eigenvalue weighted by atomic mass is 16.2. The van der Waals surface area contributed by atoms with Gasteiger partial charge in [-0.3, -0.25) is 14.5 Å². The van der Waals surface area contributed by atoms with Crippen LogP contribution in [0.4, 0.5) is 5.82 Å². The van der Waals surface area contributed by atoms with Crippen molar-refractivity contribution < 1.29 is 9.59 Å². The van der Waals surface area contributed by atoms with Crippen molar-refractivity contribution >= 4 is 17.6 Å². The molecule has 2 amide bonds. The van der Waals surface area contributed by atoms with Crippen LogP contribution in [0.5, 0.6) is 0 Å². The van der Waals surface area contributed by atoms with Gasteiger partial charge in [-0.1, -0.05) is 36.4 Å². The van der Waals surface area contributed by atoms with Crippen LogP contribution in [0.25, 0.3) is 0 Å². The molecule has 31 heavy (non-hydrogen) atoms. The van der Waals surface area contributed by atoms with Crippen LogP contribution in [0.2, 0.25) is 0 Å². The molecule has 1 aliphatic heterocycles. The number of nitrogens with one attached hydrogen (secondary N) is 3. The number of carbonyl (C=O) groups excluding carboxylic acids is 2. The van der Waals surface area contributed by atoms with E-state index in [1.807, 2.05) is 24.3 Å². The third-order valence-corrected chi connectivity index (χ3v) is 5.97. The van der Waals surface area contributed by atoms with Crippen LogP contribution in [0.1, 0.15) is 36.2 Å². The maximum absolute atomic E-state index is 12.8. The quantitative estimate of drug-likeness (QED) is 0.546. The number of hydrogen-bond donors (Lipinski definition) is 4. The zero-order valence-corrected chi connectivity index (χ0v) is 17.8. The van der Waals surface area contributed by atoms with E-state index < -0.39 is 6.04 Å². The maximum Gasteiger partial charge on any atom is 0.242 e. The van der Waals surface area contributed by atoms with Crippen molar-refractivity contribution in [3.05, 3.63) is 59.3 Å². The number of hydrogen-bond acceptors (Lipinski definition) is 6. The normalized spacial score (nSPS) is 21.8. The molecule has 4 rings (SSSR count). The number of aryl methyl sites for hydroxylation is 1. The molecule has 1 fully saturated rings. The van der Waals surface area contributed by atoms with Gasteiger partial charge in [0.25, 0.3) is 0 Å². The number of carbonyl (C=O) groups is 2. The summed E-state index contributed by atoms with van der Waals surface area (Å²) < 4.78 is 0. The number of amides is 2. The zero-order chi connectivity index (χ0) is 21.8. The second kappa shape index (κ2) is 9.45. The molecular weight excluding hydrogens is 392 g/mol. The van der Waals surface area contributed by atoms with Crippen molar-refractivity contribution in [1.29, 1.82) is 0 Å². The van der Waals surface area contributed by atoms with Crippen molar-refractivity contribution in [2.75, 3.05) is 25.4 Å². The first-order valence-electron chi connectivity index (χ1n) is 10.9. The number of piperazine rings is 1. The Labute approximate surface area is 182 Å². The van der Waals surface area contributed by atoms with Crippen LogP contribution in [-0.4, -0.2) is 53.4 Å². The molecule has 1 saturated heterocycles. The average Bonchev–Trinajstić information content (AvgIpc) is 3.16. The number of rotatable bonds is 6. The van der Waals surface area contributed by atoms with E-state index in [2.05, 4.69) is 38.0 Å². The smallest absolute Gasteiger partial charge is 0.242 e. The van der Waals surface area contributed by atoms with Gasteiger partial charge in [-0.05, 0) is 37.0 Å². The van der Waals surface area contributed by atoms with Gasteiger partial charge in [-0.25, -0.2) is 4.98 Å². The molecule has 164 valence electrons. The summed E-state index contributed by atoms with van der Waals surface area (Å²) in [6.45, 7) is 4.75. The van der Waals surface area contributed by atoms with Gasteiger partial charge in [0.05, 0.1) is 12.1 Å². The first-order valence-corrected chi connectivity index (χ1v) is 10.9. The molecule has 0 spiro atoms. The minimum atomic E-state index is -0.621. The fraction of sp³-hybridized carbons (Fsp3) is 0.435. The standard InChI is InChI=1S/C23H30N6O2/c1-15(22(30)28-19-9-8-18-17(19)7-10-21(24)27-18)26-23(31)20-14-29(12-11-25-20)13-16-5-3-2-4-6-16/h2-7,10,15,19-20,25H,8-9,11-14H2,1H3,(H2,24,27)(H,26,31)(H,28,30)/t15-,19?,20?/m0/s1. The number of nitrogens with zero attached hydrogens (tertiary/aromatic N) is 2. The Morgan fingerprint density at radius 1 is 1.26 bits per heavy atom. The predicted octanol–water partition coefficient (Wildman–Crippen LogP) is 0.746. The number of nitrogen functional groups attached to an aromatic ring is 1. The van der Waals surface area contributed by atoms with Gasteiger partial charge in [-0.15, -0.1) is 0 Å². The predicted molar refractivity (Wildman–Crippen MR) is 119 cm³/mol. The Kier molecular flexibility index (Phi) is 6.48. The molecule has 2 aromatic rings. The van der Waals surface area contributed by atoms with E-state index in [0.29, 0.717) is 12.4 Å². The van der Waals surface area contributed by atoms with E-state index in [0.717, 1.165) is 43.7 Å². The van der Waals surface area contributed by atoms with Crippen LogP contribution in [0, 0.1) is 0 Å². The Balaban J connectivity index is 1.28. The molecule has 8 heteroatoms. The topological polar surface area (TPSA) is 112 Å². The Morgan fingerprint density at radius 2 is 2.06 bits per heavy atom. The van der Waals surface area contributed by atoms with Crippen LogP contribution in [-0.2, 0) is 22.6 Å². The minimum absolute atomic E-state index is 0.0934. The van der Waals surface area contributed by atoms with Crippen molar-refractivity contribution in [1.82, 2.24) is 25.8 Å². The van der Waals surface area contributed by atoms with E-state index in [4.69, 9.17) is 5.73 Å². The molecule has 0 radical (unpaired) electrons. The number of nitrogens with two attached hydrogens (primary N) is 1. The summed E-state index contributed by atoms with van der Waals surface area (Å²) in [7, 11) is 0. The third kappa shape index (κ3) is 5.21. The number of fused-ring (bicyclic) bond motifs is 1. The summed E-state index contributed by atoms with van der Waals surface area (Å²) in [6, 6.07) is 12.9. The summed E-state index contributed by atoms with van der Waals surface area (Å²) in [5, 5.41) is 9.17. The fourth-order valence-corrected chi connectivity index (χ4v) is 4.28. The Morgan fingerprint density at radius 3 is 2.87 bits per heavy atom. The second-order valence-electron chi connectivity index (χ2n) is 8.33. The lowest BCUT2D eigenvalue weighted by molar-refractivity contribution is -0.130. The fourth-order valence-electron chi connectivity index (χ4n) is 4.28. The van der Waals surface area contributed by atoms with Crippen LogP contribution in [0.3, 0.4) is 0 Å². The van der Waals surface area contributed by atoms with Gasteiger partial charge in [0.1, 0.15) is 11.9 Å². The number of benzene rings is 1. The van der Waals surface area contributed by atoms with Gasteiger partial charge in [-0.2, -0.15) is 0 Å². The molecule has 2 heterocycles. The van der Waals surface area contributed by atoms with Crippen molar-refractivity contribution in [2.24, 2.45) is 0 Å². The molecule has 8 nitrogen and oxygen atoms in total. The van der Waals surface area contributed by atoms with E-state index in [1.165, 1.54) is 5.56 Å². The van der Waals surface area contributed by atoms with Gasteiger partial charge in [0.15, 0.2) is 0 Å². The van der Waals surface area contributed by atoms with E-state index in [9.17, 15) is 9.59 Å². The van der Waals surface area contributed by atoms with E-state index in [1.54, 1.807) is 13.0 Å². The molecule has 3 atom stereocenters. The number of anilines is 1. The van der Waals surface area contributed by atoms with Crippen molar-refractivity contribution in [3.8, 4) is 0 Å². The number of aromatic nitrogens is 1. The summed E-state index contributed by atoms with van der Waals surface area (Å²) in [4.78, 5) is 32.1. The minimum Gasteiger partial charge on any atom is -0.384 e. The van der Waals surface area contributed by atoms with Crippen LogP contribution >= 0.6 is 0 Å². The second-order valence-corrected chi connectivity index (χ2v) is 8.33. The SMILES string of the molecule is C[C@H](NC(=O)C1CN(Cc2ccccc2)CCN1)C(=O)NC1CCc2nc(N)ccc21. The highest BCUT2D eigenvalue weighted by Gasteiger charge is 2.30. The highest BCUT2D eigenvalue weighted by molar-refractivity contribution is 5.89. The third-order valence-electron chi connectivity index (χ3n) is 5.97. The molecule has 0 bridgehead atoms. The molecule has 2 unspecified atom stereocenters. The number of pyridine rings is 1. The van der Waals surface area contributed by atoms with Gasteiger partial charge >= 0.3 is 0 Å². The van der Waals surface area contributed by atoms with E-state index >= 15 is 0 Å². The first-order chi connectivity index (χ1) is 15.0. The molecule has 1 aliphatic carbocycles. The molecule has 1 aromatic carbocycles. The van der Waals surface area contributed by atoms with Gasteiger partial charge in [0.2, 0.25) is 11.8 Å². The summed E-state index contributed by atoms with van der Waals surface area (Å²) in [6.07, 6.45) is 1.58. The maximum atomic E-state index is 12.8. The van der Waals surface area contributed by atoms with Gasteiger partial charge < -0.3 is 21.7 Å². The summed E-state index contributed by atoms with van der Waals surface area (Å²) in [5.41, 5.74) is 8.92. The molecule has 0 saturated carbocycles. The van der Waals surface area contributed by atoms with Crippen LogP contribution in [0.15, 0.2) is 42.5 Å². The lowest BCUT2D eigenvalue weighted by Crippen LogP contribution is -2.59. The zero-order valence-electron chi connectivity index (χ0n) is 17.8. The monoisotopic (exact) mass is 422 g/mol. The van der Waals surface area contributed by atoms with E-state index in [-0.39, 0.29) is 23.9 Å². The lowest BCUT2D eigenvalue weighted by atomic mass is 10.1. The first kappa shape index (κ1) is 21.3. The molecule has 1 aromatic heterocycles.